The Labute approximate surface area is 197 Å². The maximum atomic E-state index is 12.6. The number of carbonyl (C=O) groups excluding carboxylic acids is 1. The van der Waals surface area contributed by atoms with E-state index in [2.05, 4.69) is 51.3 Å². The number of fused-ring (bicyclic) bond motifs is 3. The van der Waals surface area contributed by atoms with E-state index in [1.54, 1.807) is 6.92 Å². The molecule has 0 saturated carbocycles. The summed E-state index contributed by atoms with van der Waals surface area (Å²) in [5, 5.41) is 12.3. The van der Waals surface area contributed by atoms with Crippen LogP contribution in [0.2, 0.25) is 18.1 Å². The highest BCUT2D eigenvalue weighted by Crippen LogP contribution is 2.44. The minimum absolute atomic E-state index is 0.0195. The summed E-state index contributed by atoms with van der Waals surface area (Å²) in [6, 6.07) is 15.1. The Morgan fingerprint density at radius 1 is 1.03 bits per heavy atom. The predicted octanol–water partition coefficient (Wildman–Crippen LogP) is 5.64. The van der Waals surface area contributed by atoms with Crippen molar-refractivity contribution in [3.63, 3.8) is 0 Å². The Balaban J connectivity index is 1.63. The third-order valence-electron chi connectivity index (χ3n) is 6.97. The smallest absolute Gasteiger partial charge is 0.407 e. The number of benzene rings is 2. The lowest BCUT2D eigenvalue weighted by Crippen LogP contribution is -2.49. The average molecular weight is 470 g/mol. The molecule has 33 heavy (non-hydrogen) atoms. The van der Waals surface area contributed by atoms with E-state index in [1.165, 1.54) is 0 Å². The Morgan fingerprint density at radius 3 is 2.03 bits per heavy atom. The SMILES string of the molecule is C[C@@H](CO[Si](C)(C)C(C)(C)C)[C@@H](NC(=O)OCC1c2ccccc2-c2ccccc21)C(=O)O. The molecule has 0 spiro atoms. The third-order valence-corrected chi connectivity index (χ3v) is 11.5. The molecular weight excluding hydrogens is 434 g/mol. The van der Waals surface area contributed by atoms with Crippen LogP contribution >= 0.6 is 0 Å². The van der Waals surface area contributed by atoms with Crippen molar-refractivity contribution in [1.29, 1.82) is 0 Å². The van der Waals surface area contributed by atoms with E-state index in [9.17, 15) is 14.7 Å². The molecule has 0 heterocycles. The fourth-order valence-electron chi connectivity index (χ4n) is 3.87. The molecule has 0 aromatic heterocycles. The van der Waals surface area contributed by atoms with Gasteiger partial charge in [0.2, 0.25) is 0 Å². The number of alkyl carbamates (subject to hydrolysis) is 1. The molecule has 0 radical (unpaired) electrons. The lowest BCUT2D eigenvalue weighted by atomic mass is 9.98. The number of hydrogen-bond acceptors (Lipinski definition) is 4. The van der Waals surface area contributed by atoms with Crippen molar-refractivity contribution in [1.82, 2.24) is 5.32 Å². The Kier molecular flexibility index (Phi) is 7.34. The molecule has 6 nitrogen and oxygen atoms in total. The van der Waals surface area contributed by atoms with E-state index < -0.39 is 32.3 Å². The van der Waals surface area contributed by atoms with Gasteiger partial charge in [0, 0.05) is 18.4 Å². The predicted molar refractivity (Wildman–Crippen MR) is 132 cm³/mol. The summed E-state index contributed by atoms with van der Waals surface area (Å²) in [5.74, 6) is -1.59. The zero-order valence-corrected chi connectivity index (χ0v) is 21.3. The number of aliphatic carboxylic acids is 1. The Bertz CT molecular complexity index is 968. The molecule has 0 aliphatic heterocycles. The van der Waals surface area contributed by atoms with Gasteiger partial charge in [0.05, 0.1) is 0 Å². The van der Waals surface area contributed by atoms with Crippen molar-refractivity contribution in [3.05, 3.63) is 59.7 Å². The van der Waals surface area contributed by atoms with Crippen LogP contribution < -0.4 is 5.32 Å². The van der Waals surface area contributed by atoms with Gasteiger partial charge < -0.3 is 19.6 Å². The number of hydrogen-bond donors (Lipinski definition) is 2. The summed E-state index contributed by atoms with van der Waals surface area (Å²) < 4.78 is 11.7. The van der Waals surface area contributed by atoms with Crippen molar-refractivity contribution in [3.8, 4) is 11.1 Å². The van der Waals surface area contributed by atoms with Crippen molar-refractivity contribution in [2.45, 2.75) is 57.8 Å². The van der Waals surface area contributed by atoms with Crippen molar-refractivity contribution < 1.29 is 23.9 Å². The van der Waals surface area contributed by atoms with E-state index in [1.807, 2.05) is 36.4 Å². The highest BCUT2D eigenvalue weighted by molar-refractivity contribution is 6.74. The van der Waals surface area contributed by atoms with E-state index in [-0.39, 0.29) is 24.2 Å². The minimum Gasteiger partial charge on any atom is -0.480 e. The molecule has 0 fully saturated rings. The number of amides is 1. The summed E-state index contributed by atoms with van der Waals surface area (Å²) in [6.45, 7) is 12.8. The molecule has 0 unspecified atom stereocenters. The second-order valence-corrected chi connectivity index (χ2v) is 15.1. The van der Waals surface area contributed by atoms with E-state index in [4.69, 9.17) is 9.16 Å². The molecule has 0 bridgehead atoms. The molecule has 1 aliphatic rings. The van der Waals surface area contributed by atoms with Crippen molar-refractivity contribution in [2.24, 2.45) is 5.92 Å². The average Bonchev–Trinajstić information content (AvgIpc) is 3.07. The van der Waals surface area contributed by atoms with Crippen molar-refractivity contribution >= 4 is 20.4 Å². The highest BCUT2D eigenvalue weighted by atomic mass is 28.4. The molecule has 2 aromatic rings. The van der Waals surface area contributed by atoms with Crippen LogP contribution in [0.4, 0.5) is 4.79 Å². The third kappa shape index (κ3) is 5.47. The van der Waals surface area contributed by atoms with Gasteiger partial charge in [-0.1, -0.05) is 76.2 Å². The van der Waals surface area contributed by atoms with Crippen LogP contribution in [0.1, 0.15) is 44.7 Å². The van der Waals surface area contributed by atoms with Crippen LogP contribution in [0.3, 0.4) is 0 Å². The Morgan fingerprint density at radius 2 is 1.55 bits per heavy atom. The van der Waals surface area contributed by atoms with Crippen LogP contribution in [0.15, 0.2) is 48.5 Å². The van der Waals surface area contributed by atoms with E-state index >= 15 is 0 Å². The lowest BCUT2D eigenvalue weighted by molar-refractivity contribution is -0.141. The van der Waals surface area contributed by atoms with Gasteiger partial charge in [0.15, 0.2) is 8.32 Å². The Hall–Kier alpha value is -2.64. The molecular formula is C26H35NO5Si. The van der Waals surface area contributed by atoms with Crippen LogP contribution in [0.5, 0.6) is 0 Å². The highest BCUT2D eigenvalue weighted by Gasteiger charge is 2.38. The van der Waals surface area contributed by atoms with Crippen LogP contribution in [-0.2, 0) is 14.0 Å². The first kappa shape index (κ1) is 25.0. The molecule has 7 heteroatoms. The fourth-order valence-corrected chi connectivity index (χ4v) is 4.98. The largest absolute Gasteiger partial charge is 0.480 e. The van der Waals surface area contributed by atoms with Gasteiger partial charge in [-0.05, 0) is 40.4 Å². The number of nitrogens with one attached hydrogen (secondary N) is 1. The minimum atomic E-state index is -2.03. The number of carbonyl (C=O) groups is 2. The van der Waals surface area contributed by atoms with Gasteiger partial charge in [0.1, 0.15) is 12.6 Å². The van der Waals surface area contributed by atoms with Gasteiger partial charge in [-0.25, -0.2) is 9.59 Å². The van der Waals surface area contributed by atoms with Gasteiger partial charge in [-0.3, -0.25) is 0 Å². The molecule has 2 atom stereocenters. The quantitative estimate of drug-likeness (QED) is 0.489. The van der Waals surface area contributed by atoms with E-state index in [0.29, 0.717) is 0 Å². The number of ether oxygens (including phenoxy) is 1. The second kappa shape index (κ2) is 9.69. The summed E-state index contributed by atoms with van der Waals surface area (Å²) in [6.07, 6.45) is -0.733. The first-order valence-electron chi connectivity index (χ1n) is 11.4. The summed E-state index contributed by atoms with van der Waals surface area (Å²) in [7, 11) is -2.03. The monoisotopic (exact) mass is 469 g/mol. The number of rotatable bonds is 8. The summed E-state index contributed by atoms with van der Waals surface area (Å²) >= 11 is 0. The zero-order chi connectivity index (χ0) is 24.4. The molecule has 2 N–H and O–H groups in total. The lowest BCUT2D eigenvalue weighted by Gasteiger charge is -2.37. The fraction of sp³-hybridized carbons (Fsp3) is 0.462. The normalized spacial score (nSPS) is 15.3. The zero-order valence-electron chi connectivity index (χ0n) is 20.3. The first-order chi connectivity index (χ1) is 15.4. The maximum absolute atomic E-state index is 12.6. The topological polar surface area (TPSA) is 84.9 Å². The summed E-state index contributed by atoms with van der Waals surface area (Å²) in [4.78, 5) is 24.4. The number of carboxylic acids is 1. The van der Waals surface area contributed by atoms with Gasteiger partial charge in [-0.2, -0.15) is 0 Å². The van der Waals surface area contributed by atoms with Crippen LogP contribution in [0, 0.1) is 5.92 Å². The molecule has 3 rings (SSSR count). The molecule has 1 aliphatic carbocycles. The first-order valence-corrected chi connectivity index (χ1v) is 14.3. The van der Waals surface area contributed by atoms with Crippen molar-refractivity contribution in [2.75, 3.05) is 13.2 Å². The van der Waals surface area contributed by atoms with Crippen LogP contribution in [-0.4, -0.2) is 44.7 Å². The molecule has 178 valence electrons. The summed E-state index contributed by atoms with van der Waals surface area (Å²) in [5.41, 5.74) is 4.50. The van der Waals surface area contributed by atoms with Gasteiger partial charge in [0.25, 0.3) is 0 Å². The second-order valence-electron chi connectivity index (χ2n) is 10.3. The molecule has 2 aromatic carbocycles. The standard InChI is InChI=1S/C26H35NO5Si/c1-17(15-32-33(5,6)26(2,3)4)23(24(28)29)27-25(30)31-16-22-20-13-9-7-11-18(20)19-12-8-10-14-21(19)22/h7-14,17,22-23H,15-16H2,1-6H3,(H,27,30)(H,28,29)/t17-,23+/m0/s1. The van der Waals surface area contributed by atoms with E-state index in [0.717, 1.165) is 22.3 Å². The van der Waals surface area contributed by atoms with Gasteiger partial charge >= 0.3 is 12.1 Å². The maximum Gasteiger partial charge on any atom is 0.407 e. The van der Waals surface area contributed by atoms with Gasteiger partial charge in [-0.15, -0.1) is 0 Å². The molecule has 0 saturated heterocycles. The molecule has 1 amide bonds. The number of carboxylic acid groups (broad SMARTS) is 1. The van der Waals surface area contributed by atoms with Crippen LogP contribution in [0.25, 0.3) is 11.1 Å².